The van der Waals surface area contributed by atoms with Crippen LogP contribution in [0.1, 0.15) is 126 Å². The van der Waals surface area contributed by atoms with Gasteiger partial charge >= 0.3 is 0 Å². The van der Waals surface area contributed by atoms with Gasteiger partial charge in [0.15, 0.2) is 0 Å². The molecule has 0 amide bonds. The van der Waals surface area contributed by atoms with Gasteiger partial charge in [-0.05, 0) is 49.9 Å². The molecule has 0 unspecified atom stereocenters. The van der Waals surface area contributed by atoms with E-state index < -0.39 is 0 Å². The van der Waals surface area contributed by atoms with Crippen molar-refractivity contribution in [3.63, 3.8) is 0 Å². The molecule has 1 heteroatoms. The first-order valence-corrected chi connectivity index (χ1v) is 12.5. The molecule has 0 atom stereocenters. The summed E-state index contributed by atoms with van der Waals surface area (Å²) in [5.74, 6) is 0. The van der Waals surface area contributed by atoms with Crippen LogP contribution in [-0.2, 0) is 0 Å². The summed E-state index contributed by atoms with van der Waals surface area (Å²) in [7, 11) is 0. The normalized spacial score (nSPS) is 11.1. The number of nitrogens with one attached hydrogen (secondary N) is 1. The number of unbranched alkanes of at least 4 members (excludes halogenated alkanes) is 15. The van der Waals surface area contributed by atoms with Crippen LogP contribution in [0, 0.1) is 20.8 Å². The van der Waals surface area contributed by atoms with Gasteiger partial charge in [0.1, 0.15) is 0 Å². The summed E-state index contributed by atoms with van der Waals surface area (Å²) in [6.45, 7) is 10.1. The molecule has 1 rings (SSSR count). The van der Waals surface area contributed by atoms with Crippen LogP contribution in [0.2, 0.25) is 0 Å². The Morgan fingerprint density at radius 1 is 0.536 bits per heavy atom. The topological polar surface area (TPSA) is 12.0 Å². The Morgan fingerprint density at radius 2 is 0.964 bits per heavy atom. The average molecular weight is 388 g/mol. The van der Waals surface area contributed by atoms with Gasteiger partial charge in [-0.2, -0.15) is 0 Å². The lowest BCUT2D eigenvalue weighted by Gasteiger charge is -2.13. The molecule has 0 radical (unpaired) electrons. The van der Waals surface area contributed by atoms with Crippen LogP contribution in [0.15, 0.2) is 12.1 Å². The smallest absolute Gasteiger partial charge is 0.0372 e. The van der Waals surface area contributed by atoms with E-state index in [2.05, 4.69) is 45.1 Å². The maximum atomic E-state index is 3.63. The first-order chi connectivity index (χ1) is 13.7. The second-order valence-electron chi connectivity index (χ2n) is 8.91. The molecule has 0 aliphatic heterocycles. The molecule has 0 saturated heterocycles. The number of benzene rings is 1. The molecule has 0 fully saturated rings. The van der Waals surface area contributed by atoms with Gasteiger partial charge in [0, 0.05) is 12.2 Å². The highest BCUT2D eigenvalue weighted by Crippen LogP contribution is 2.21. The van der Waals surface area contributed by atoms with E-state index in [1.54, 1.807) is 0 Å². The van der Waals surface area contributed by atoms with Gasteiger partial charge in [-0.1, -0.05) is 109 Å². The number of aryl methyl sites for hydroxylation is 1. The van der Waals surface area contributed by atoms with Crippen molar-refractivity contribution in [1.29, 1.82) is 0 Å². The molecular weight excluding hydrogens is 338 g/mol. The highest BCUT2D eigenvalue weighted by molar-refractivity contribution is 5.55. The van der Waals surface area contributed by atoms with Crippen molar-refractivity contribution in [3.05, 3.63) is 28.8 Å². The first-order valence-electron chi connectivity index (χ1n) is 12.5. The van der Waals surface area contributed by atoms with Crippen LogP contribution in [0.5, 0.6) is 0 Å². The molecule has 1 aromatic carbocycles. The van der Waals surface area contributed by atoms with E-state index in [9.17, 15) is 0 Å². The fourth-order valence-electron chi connectivity index (χ4n) is 4.04. The Labute approximate surface area is 177 Å². The summed E-state index contributed by atoms with van der Waals surface area (Å²) >= 11 is 0. The van der Waals surface area contributed by atoms with E-state index in [1.807, 2.05) is 0 Å². The van der Waals surface area contributed by atoms with E-state index >= 15 is 0 Å². The van der Waals surface area contributed by atoms with Crippen molar-refractivity contribution in [2.45, 2.75) is 130 Å². The standard InChI is InChI=1S/C27H49N/c1-5-6-7-8-9-10-11-12-13-14-15-16-17-18-19-20-23-28-27-22-21-24(2)25(3)26(27)4/h21-22,28H,5-20,23H2,1-4H3. The summed E-state index contributed by atoms with van der Waals surface area (Å²) in [5.41, 5.74) is 5.56. The van der Waals surface area contributed by atoms with Crippen molar-refractivity contribution < 1.29 is 0 Å². The quantitative estimate of drug-likeness (QED) is 0.247. The van der Waals surface area contributed by atoms with Gasteiger partial charge in [0.05, 0.1) is 0 Å². The fourth-order valence-corrected chi connectivity index (χ4v) is 4.04. The monoisotopic (exact) mass is 387 g/mol. The van der Waals surface area contributed by atoms with Crippen molar-refractivity contribution in [2.24, 2.45) is 0 Å². The lowest BCUT2D eigenvalue weighted by atomic mass is 10.0. The molecule has 0 bridgehead atoms. The van der Waals surface area contributed by atoms with E-state index in [-0.39, 0.29) is 0 Å². The predicted octanol–water partition coefficient (Wildman–Crippen LogP) is 9.29. The van der Waals surface area contributed by atoms with Crippen LogP contribution in [0.3, 0.4) is 0 Å². The third kappa shape index (κ3) is 11.8. The molecule has 0 heterocycles. The zero-order valence-electron chi connectivity index (χ0n) is 19.7. The zero-order chi connectivity index (χ0) is 20.5. The third-order valence-corrected chi connectivity index (χ3v) is 6.40. The van der Waals surface area contributed by atoms with E-state index in [0.717, 1.165) is 6.54 Å². The lowest BCUT2D eigenvalue weighted by Crippen LogP contribution is -2.04. The Kier molecular flexibility index (Phi) is 15.1. The van der Waals surface area contributed by atoms with Crippen LogP contribution < -0.4 is 5.32 Å². The molecule has 0 aromatic heterocycles. The van der Waals surface area contributed by atoms with Crippen molar-refractivity contribution in [2.75, 3.05) is 11.9 Å². The van der Waals surface area contributed by atoms with E-state index in [4.69, 9.17) is 0 Å². The summed E-state index contributed by atoms with van der Waals surface area (Å²) in [5, 5.41) is 3.63. The van der Waals surface area contributed by atoms with Crippen LogP contribution in [0.4, 0.5) is 5.69 Å². The minimum absolute atomic E-state index is 1.11. The Hall–Kier alpha value is -0.980. The molecule has 0 aliphatic carbocycles. The van der Waals surface area contributed by atoms with E-state index in [0.29, 0.717) is 0 Å². The van der Waals surface area contributed by atoms with Gasteiger partial charge in [-0.25, -0.2) is 0 Å². The van der Waals surface area contributed by atoms with Crippen molar-refractivity contribution >= 4 is 5.69 Å². The molecule has 1 N–H and O–H groups in total. The summed E-state index contributed by atoms with van der Waals surface area (Å²) < 4.78 is 0. The van der Waals surface area contributed by atoms with Crippen LogP contribution >= 0.6 is 0 Å². The molecule has 0 aliphatic rings. The first kappa shape index (κ1) is 25.1. The van der Waals surface area contributed by atoms with E-state index in [1.165, 1.54) is 125 Å². The molecule has 162 valence electrons. The lowest BCUT2D eigenvalue weighted by molar-refractivity contribution is 0.530. The molecule has 1 nitrogen and oxygen atoms in total. The number of hydrogen-bond donors (Lipinski definition) is 1. The summed E-state index contributed by atoms with van der Waals surface area (Å²) in [4.78, 5) is 0. The van der Waals surface area contributed by atoms with Gasteiger partial charge < -0.3 is 5.32 Å². The molecule has 1 aromatic rings. The third-order valence-electron chi connectivity index (χ3n) is 6.40. The fraction of sp³-hybridized carbons (Fsp3) is 0.778. The van der Waals surface area contributed by atoms with Crippen LogP contribution in [0.25, 0.3) is 0 Å². The van der Waals surface area contributed by atoms with Gasteiger partial charge in [0.25, 0.3) is 0 Å². The Bertz CT molecular complexity index is 491. The molecule has 0 spiro atoms. The largest absolute Gasteiger partial charge is 0.385 e. The Morgan fingerprint density at radius 3 is 1.43 bits per heavy atom. The summed E-state index contributed by atoms with van der Waals surface area (Å²) in [6.07, 6.45) is 22.9. The van der Waals surface area contributed by atoms with Gasteiger partial charge in [0.2, 0.25) is 0 Å². The second-order valence-corrected chi connectivity index (χ2v) is 8.91. The number of rotatable bonds is 18. The minimum Gasteiger partial charge on any atom is -0.385 e. The molecule has 0 saturated carbocycles. The van der Waals surface area contributed by atoms with Crippen molar-refractivity contribution in [3.8, 4) is 0 Å². The number of anilines is 1. The minimum atomic E-state index is 1.11. The van der Waals surface area contributed by atoms with Gasteiger partial charge in [-0.15, -0.1) is 0 Å². The highest BCUT2D eigenvalue weighted by atomic mass is 14.9. The van der Waals surface area contributed by atoms with Crippen LogP contribution in [-0.4, -0.2) is 6.54 Å². The zero-order valence-corrected chi connectivity index (χ0v) is 19.7. The average Bonchev–Trinajstić information content (AvgIpc) is 2.70. The molecular formula is C27H49N. The summed E-state index contributed by atoms with van der Waals surface area (Å²) in [6, 6.07) is 4.47. The predicted molar refractivity (Wildman–Crippen MR) is 129 cm³/mol. The van der Waals surface area contributed by atoms with Crippen molar-refractivity contribution in [1.82, 2.24) is 0 Å². The molecule has 28 heavy (non-hydrogen) atoms. The Balaban J connectivity index is 1.83. The second kappa shape index (κ2) is 16.9. The maximum absolute atomic E-state index is 3.63. The maximum Gasteiger partial charge on any atom is 0.0372 e. The SMILES string of the molecule is CCCCCCCCCCCCCCCCCCNc1ccc(C)c(C)c1C. The highest BCUT2D eigenvalue weighted by Gasteiger charge is 2.02. The number of hydrogen-bond acceptors (Lipinski definition) is 1. The van der Waals surface area contributed by atoms with Gasteiger partial charge in [-0.3, -0.25) is 0 Å².